The fourth-order valence-corrected chi connectivity index (χ4v) is 5.94. The molecule has 2 aliphatic heterocycles. The SMILES string of the molecule is Cn1c(N2CCC(=O)NC2=O)cnc1-c1ccc2c(c1)CN(Cc1ccc(OCC3CCCCC3)cc1)C2. The summed E-state index contributed by atoms with van der Waals surface area (Å²) in [6.45, 7) is 3.89. The van der Waals surface area contributed by atoms with Gasteiger partial charge in [-0.1, -0.05) is 43.5 Å². The lowest BCUT2D eigenvalue weighted by atomic mass is 9.90. The highest BCUT2D eigenvalue weighted by molar-refractivity contribution is 6.05. The van der Waals surface area contributed by atoms with Gasteiger partial charge in [0.15, 0.2) is 0 Å². The molecule has 0 radical (unpaired) electrons. The van der Waals surface area contributed by atoms with Gasteiger partial charge in [-0.05, 0) is 53.6 Å². The van der Waals surface area contributed by atoms with Crippen molar-refractivity contribution >= 4 is 17.8 Å². The van der Waals surface area contributed by atoms with Crippen molar-refractivity contribution in [2.75, 3.05) is 18.1 Å². The van der Waals surface area contributed by atoms with Gasteiger partial charge in [0, 0.05) is 45.2 Å². The smallest absolute Gasteiger partial charge is 0.329 e. The van der Waals surface area contributed by atoms with Crippen LogP contribution in [0.2, 0.25) is 0 Å². The molecular weight excluding hydrogens is 478 g/mol. The second-order valence-electron chi connectivity index (χ2n) is 10.8. The molecule has 0 bridgehead atoms. The van der Waals surface area contributed by atoms with Crippen LogP contribution in [0.3, 0.4) is 0 Å². The summed E-state index contributed by atoms with van der Waals surface area (Å²) in [6, 6.07) is 14.7. The first kappa shape index (κ1) is 24.7. The number of benzene rings is 2. The van der Waals surface area contributed by atoms with Crippen LogP contribution in [0.4, 0.5) is 10.6 Å². The van der Waals surface area contributed by atoms with E-state index >= 15 is 0 Å². The molecule has 1 aliphatic carbocycles. The monoisotopic (exact) mass is 513 g/mol. The Labute approximate surface area is 223 Å². The highest BCUT2D eigenvalue weighted by Gasteiger charge is 2.27. The lowest BCUT2D eigenvalue weighted by molar-refractivity contribution is -0.120. The number of nitrogens with one attached hydrogen (secondary N) is 1. The summed E-state index contributed by atoms with van der Waals surface area (Å²) in [7, 11) is 1.91. The zero-order valence-electron chi connectivity index (χ0n) is 22.0. The van der Waals surface area contributed by atoms with Crippen molar-refractivity contribution in [1.82, 2.24) is 19.8 Å². The van der Waals surface area contributed by atoms with Crippen LogP contribution in [0.15, 0.2) is 48.7 Å². The van der Waals surface area contributed by atoms with Gasteiger partial charge in [-0.15, -0.1) is 0 Å². The number of ether oxygens (including phenoxy) is 1. The molecule has 3 amide bonds. The zero-order valence-corrected chi connectivity index (χ0v) is 22.0. The van der Waals surface area contributed by atoms with E-state index in [0.29, 0.717) is 18.3 Å². The molecule has 3 aromatic rings. The van der Waals surface area contributed by atoms with Gasteiger partial charge >= 0.3 is 6.03 Å². The average Bonchev–Trinajstić information content (AvgIpc) is 3.51. The number of carbonyl (C=O) groups excluding carboxylic acids is 2. The van der Waals surface area contributed by atoms with Crippen LogP contribution in [-0.4, -0.2) is 39.5 Å². The average molecular weight is 514 g/mol. The number of imidazole rings is 1. The van der Waals surface area contributed by atoms with Gasteiger partial charge in [0.05, 0.1) is 12.8 Å². The largest absolute Gasteiger partial charge is 0.493 e. The molecule has 1 N–H and O–H groups in total. The molecule has 2 aromatic carbocycles. The molecule has 3 aliphatic rings. The van der Waals surface area contributed by atoms with Crippen LogP contribution in [0.1, 0.15) is 55.2 Å². The fraction of sp³-hybridized carbons (Fsp3) is 0.433. The van der Waals surface area contributed by atoms with E-state index in [4.69, 9.17) is 4.74 Å². The van der Waals surface area contributed by atoms with Gasteiger partial charge in [0.1, 0.15) is 17.4 Å². The summed E-state index contributed by atoms with van der Waals surface area (Å²) in [6.07, 6.45) is 8.65. The van der Waals surface area contributed by atoms with Crippen molar-refractivity contribution < 1.29 is 14.3 Å². The van der Waals surface area contributed by atoms with E-state index in [1.54, 1.807) is 11.1 Å². The minimum atomic E-state index is -0.399. The first-order valence-electron chi connectivity index (χ1n) is 13.7. The van der Waals surface area contributed by atoms with E-state index in [1.807, 2.05) is 11.6 Å². The van der Waals surface area contributed by atoms with Gasteiger partial charge in [-0.3, -0.25) is 19.9 Å². The highest BCUT2D eigenvalue weighted by Crippen LogP contribution is 2.31. The Morgan fingerprint density at radius 3 is 2.58 bits per heavy atom. The predicted molar refractivity (Wildman–Crippen MR) is 146 cm³/mol. The number of hydrogen-bond acceptors (Lipinski definition) is 5. The van der Waals surface area contributed by atoms with Crippen molar-refractivity contribution in [3.05, 3.63) is 65.4 Å². The van der Waals surface area contributed by atoms with Crippen molar-refractivity contribution in [1.29, 1.82) is 0 Å². The summed E-state index contributed by atoms with van der Waals surface area (Å²) in [5, 5.41) is 2.38. The van der Waals surface area contributed by atoms with E-state index in [0.717, 1.165) is 43.4 Å². The molecule has 1 aromatic heterocycles. The van der Waals surface area contributed by atoms with Crippen LogP contribution in [-0.2, 0) is 31.5 Å². The predicted octanol–water partition coefficient (Wildman–Crippen LogP) is 5.01. The summed E-state index contributed by atoms with van der Waals surface area (Å²) >= 11 is 0. The maximum atomic E-state index is 12.3. The third-order valence-corrected chi connectivity index (χ3v) is 8.09. The maximum absolute atomic E-state index is 12.3. The second-order valence-corrected chi connectivity index (χ2v) is 10.8. The van der Waals surface area contributed by atoms with Gasteiger partial charge in [-0.25, -0.2) is 9.78 Å². The molecular formula is C30H35N5O3. The number of imide groups is 1. The maximum Gasteiger partial charge on any atom is 0.329 e. The number of aromatic nitrogens is 2. The summed E-state index contributed by atoms with van der Waals surface area (Å²) in [5.41, 5.74) is 4.95. The van der Waals surface area contributed by atoms with Crippen LogP contribution >= 0.6 is 0 Å². The molecule has 8 nitrogen and oxygen atoms in total. The van der Waals surface area contributed by atoms with Crippen LogP contribution in [0, 0.1) is 5.92 Å². The highest BCUT2D eigenvalue weighted by atomic mass is 16.5. The lowest BCUT2D eigenvalue weighted by Gasteiger charge is -2.26. The number of fused-ring (bicyclic) bond motifs is 1. The molecule has 8 heteroatoms. The minimum Gasteiger partial charge on any atom is -0.493 e. The normalized spacial score (nSPS) is 18.5. The Balaban J connectivity index is 1.08. The van der Waals surface area contributed by atoms with E-state index in [1.165, 1.54) is 48.8 Å². The molecule has 0 atom stereocenters. The molecule has 38 heavy (non-hydrogen) atoms. The number of nitrogens with zero attached hydrogens (tertiary/aromatic N) is 4. The van der Waals surface area contributed by atoms with E-state index in [9.17, 15) is 9.59 Å². The summed E-state index contributed by atoms with van der Waals surface area (Å²) in [5.74, 6) is 2.92. The van der Waals surface area contributed by atoms with Crippen molar-refractivity contribution in [2.45, 2.75) is 58.2 Å². The first-order valence-corrected chi connectivity index (χ1v) is 13.7. The number of urea groups is 1. The van der Waals surface area contributed by atoms with E-state index < -0.39 is 6.03 Å². The molecule has 0 spiro atoms. The number of anilines is 1. The van der Waals surface area contributed by atoms with Crippen molar-refractivity contribution in [3.8, 4) is 17.1 Å². The van der Waals surface area contributed by atoms with Crippen molar-refractivity contribution in [3.63, 3.8) is 0 Å². The topological polar surface area (TPSA) is 79.7 Å². The summed E-state index contributed by atoms with van der Waals surface area (Å²) in [4.78, 5) is 32.4. The molecule has 1 saturated carbocycles. The minimum absolute atomic E-state index is 0.240. The number of hydrogen-bond donors (Lipinski definition) is 1. The lowest BCUT2D eigenvalue weighted by Crippen LogP contribution is -2.50. The molecule has 3 heterocycles. The van der Waals surface area contributed by atoms with Gasteiger partial charge in [0.2, 0.25) is 5.91 Å². The van der Waals surface area contributed by atoms with Gasteiger partial charge < -0.3 is 9.30 Å². The fourth-order valence-electron chi connectivity index (χ4n) is 5.94. The number of carbonyl (C=O) groups is 2. The zero-order chi connectivity index (χ0) is 26.1. The van der Waals surface area contributed by atoms with Crippen LogP contribution in [0.5, 0.6) is 5.75 Å². The van der Waals surface area contributed by atoms with E-state index in [-0.39, 0.29) is 12.3 Å². The number of rotatable bonds is 7. The number of amides is 3. The molecule has 198 valence electrons. The van der Waals surface area contributed by atoms with E-state index in [2.05, 4.69) is 57.7 Å². The Morgan fingerprint density at radius 1 is 1.00 bits per heavy atom. The molecule has 1 saturated heterocycles. The molecule has 6 rings (SSSR count). The Kier molecular flexibility index (Phi) is 6.89. The quantitative estimate of drug-likeness (QED) is 0.481. The van der Waals surface area contributed by atoms with Crippen LogP contribution in [0.25, 0.3) is 11.4 Å². The Hall–Kier alpha value is -3.65. The summed E-state index contributed by atoms with van der Waals surface area (Å²) < 4.78 is 7.99. The first-order chi connectivity index (χ1) is 18.5. The van der Waals surface area contributed by atoms with Crippen molar-refractivity contribution in [2.24, 2.45) is 13.0 Å². The molecule has 2 fully saturated rings. The Bertz CT molecular complexity index is 1330. The third-order valence-electron chi connectivity index (χ3n) is 8.09. The van der Waals surface area contributed by atoms with Crippen LogP contribution < -0.4 is 15.0 Å². The standard InChI is InChI=1S/C30H35N5O3/c1-33-28(35-14-13-27(36)32-30(35)37)16-31-29(33)23-9-10-24-18-34(19-25(24)15-23)17-21-7-11-26(12-8-21)38-20-22-5-3-2-4-6-22/h7-12,15-16,22H,2-6,13-14,17-20H2,1H3,(H,32,36,37). The second kappa shape index (κ2) is 10.6. The Morgan fingerprint density at radius 2 is 1.79 bits per heavy atom. The molecule has 0 unspecified atom stereocenters. The van der Waals surface area contributed by atoms with Gasteiger partial charge in [0.25, 0.3) is 0 Å². The van der Waals surface area contributed by atoms with Gasteiger partial charge in [-0.2, -0.15) is 0 Å². The third kappa shape index (κ3) is 5.18.